The van der Waals surface area contributed by atoms with Gasteiger partial charge >= 0.3 is 5.97 Å². The van der Waals surface area contributed by atoms with E-state index in [1.807, 2.05) is 26.0 Å². The fraction of sp³-hybridized carbons (Fsp3) is 0.294. The molecule has 0 fully saturated rings. The monoisotopic (exact) mass is 319 g/mol. The lowest BCUT2D eigenvalue weighted by Gasteiger charge is -2.05. The van der Waals surface area contributed by atoms with Gasteiger partial charge in [0, 0.05) is 11.6 Å². The number of nitrogens with two attached hydrogens (primary N) is 1. The van der Waals surface area contributed by atoms with E-state index in [2.05, 4.69) is 5.10 Å². The molecular weight excluding hydrogens is 297 g/mol. The van der Waals surface area contributed by atoms with E-state index in [0.29, 0.717) is 5.56 Å². The summed E-state index contributed by atoms with van der Waals surface area (Å²) in [4.78, 5) is 11.5. The van der Waals surface area contributed by atoms with E-state index in [1.54, 1.807) is 25.1 Å². The van der Waals surface area contributed by atoms with Crippen LogP contribution >= 0.6 is 0 Å². The summed E-state index contributed by atoms with van der Waals surface area (Å²) in [6.07, 6.45) is 4.00. The van der Waals surface area contributed by atoms with E-state index >= 15 is 0 Å². The van der Waals surface area contributed by atoms with Gasteiger partial charge in [-0.1, -0.05) is 30.4 Å². The normalized spacial score (nSPS) is 10.3. The minimum Gasteiger partial charge on any atom is -0.461 e. The fourth-order valence-electron chi connectivity index (χ4n) is 1.65. The molecule has 1 aromatic carbocycles. The summed E-state index contributed by atoms with van der Waals surface area (Å²) in [6, 6.07) is 7.75. The Balaban J connectivity index is 0.000000593. The van der Waals surface area contributed by atoms with Gasteiger partial charge in [-0.25, -0.2) is 13.9 Å². The number of hydrogen-bond acceptors (Lipinski definition) is 4. The Kier molecular flexibility index (Phi) is 7.53. The van der Waals surface area contributed by atoms with Crippen LogP contribution in [-0.2, 0) is 11.3 Å². The molecule has 0 amide bonds. The van der Waals surface area contributed by atoms with Crippen molar-refractivity contribution in [3.8, 4) is 0 Å². The molecule has 0 saturated carbocycles. The highest BCUT2D eigenvalue weighted by Crippen LogP contribution is 2.13. The summed E-state index contributed by atoms with van der Waals surface area (Å²) in [7, 11) is 0. The third-order valence-electron chi connectivity index (χ3n) is 2.91. The van der Waals surface area contributed by atoms with Crippen molar-refractivity contribution in [3.05, 3.63) is 59.6 Å². The van der Waals surface area contributed by atoms with Crippen LogP contribution < -0.4 is 5.73 Å². The SMILES string of the molecule is C/C=C\C.CCOC(=O)c1cc(N)n(Cc2ccccc2F)n1. The lowest BCUT2D eigenvalue weighted by atomic mass is 10.2. The molecule has 0 aliphatic heterocycles. The van der Waals surface area contributed by atoms with Crippen molar-refractivity contribution in [1.29, 1.82) is 0 Å². The van der Waals surface area contributed by atoms with Crippen LogP contribution in [0.25, 0.3) is 0 Å². The standard InChI is InChI=1S/C13H14FN3O2.C4H8/c1-2-19-13(18)11-7-12(15)17(16-11)8-9-5-3-4-6-10(9)14;1-3-4-2/h3-7H,2,8,15H2,1H3;3-4H,1-2H3/b;4-3-. The molecule has 0 radical (unpaired) electrons. The summed E-state index contributed by atoms with van der Waals surface area (Å²) in [6.45, 7) is 6.13. The third kappa shape index (κ3) is 5.58. The minimum absolute atomic E-state index is 0.121. The Hall–Kier alpha value is -2.63. The van der Waals surface area contributed by atoms with Crippen LogP contribution in [0.1, 0.15) is 36.8 Å². The van der Waals surface area contributed by atoms with E-state index in [9.17, 15) is 9.18 Å². The average molecular weight is 319 g/mol. The van der Waals surface area contributed by atoms with Crippen molar-refractivity contribution in [1.82, 2.24) is 9.78 Å². The molecule has 2 rings (SSSR count). The number of carbonyl (C=O) groups is 1. The maximum absolute atomic E-state index is 13.5. The molecule has 0 aliphatic carbocycles. The second-order valence-corrected chi connectivity index (χ2v) is 4.59. The molecule has 124 valence electrons. The highest BCUT2D eigenvalue weighted by Gasteiger charge is 2.14. The van der Waals surface area contributed by atoms with Gasteiger partial charge in [-0.3, -0.25) is 0 Å². The van der Waals surface area contributed by atoms with Crippen LogP contribution in [0.4, 0.5) is 10.2 Å². The number of hydrogen-bond donors (Lipinski definition) is 1. The molecule has 1 heterocycles. The topological polar surface area (TPSA) is 70.1 Å². The van der Waals surface area contributed by atoms with Gasteiger partial charge in [-0.15, -0.1) is 0 Å². The third-order valence-corrected chi connectivity index (χ3v) is 2.91. The van der Waals surface area contributed by atoms with E-state index in [0.717, 1.165) is 0 Å². The first-order chi connectivity index (χ1) is 11.0. The molecular formula is C17H22FN3O2. The molecule has 0 atom stereocenters. The number of benzene rings is 1. The van der Waals surface area contributed by atoms with E-state index in [4.69, 9.17) is 10.5 Å². The van der Waals surface area contributed by atoms with E-state index < -0.39 is 5.97 Å². The van der Waals surface area contributed by atoms with Gasteiger partial charge in [0.2, 0.25) is 0 Å². The second kappa shape index (κ2) is 9.40. The van der Waals surface area contributed by atoms with Crippen molar-refractivity contribution in [2.45, 2.75) is 27.3 Å². The molecule has 2 aromatic rings. The van der Waals surface area contributed by atoms with Crippen LogP contribution in [0.5, 0.6) is 0 Å². The highest BCUT2D eigenvalue weighted by atomic mass is 19.1. The average Bonchev–Trinajstić information content (AvgIpc) is 2.91. The number of nitrogen functional groups attached to an aromatic ring is 1. The number of carbonyl (C=O) groups excluding carboxylic acids is 1. The largest absolute Gasteiger partial charge is 0.461 e. The van der Waals surface area contributed by atoms with Gasteiger partial charge in [0.05, 0.1) is 13.2 Å². The molecule has 1 aromatic heterocycles. The molecule has 0 saturated heterocycles. The van der Waals surface area contributed by atoms with Gasteiger partial charge in [0.15, 0.2) is 5.69 Å². The minimum atomic E-state index is -0.540. The number of rotatable bonds is 4. The van der Waals surface area contributed by atoms with Gasteiger partial charge in [0.25, 0.3) is 0 Å². The van der Waals surface area contributed by atoms with Crippen molar-refractivity contribution in [2.75, 3.05) is 12.3 Å². The summed E-state index contributed by atoms with van der Waals surface area (Å²) in [5.41, 5.74) is 6.32. The molecule has 6 heteroatoms. The molecule has 0 unspecified atom stereocenters. The zero-order valence-corrected chi connectivity index (χ0v) is 13.6. The van der Waals surface area contributed by atoms with Crippen LogP contribution in [-0.4, -0.2) is 22.4 Å². The summed E-state index contributed by atoms with van der Waals surface area (Å²) < 4.78 is 19.7. The summed E-state index contributed by atoms with van der Waals surface area (Å²) >= 11 is 0. The smallest absolute Gasteiger partial charge is 0.358 e. The first-order valence-electron chi connectivity index (χ1n) is 7.34. The van der Waals surface area contributed by atoms with E-state index in [1.165, 1.54) is 16.8 Å². The summed E-state index contributed by atoms with van der Waals surface area (Å²) in [5.74, 6) is -0.595. The Labute approximate surface area is 135 Å². The van der Waals surface area contributed by atoms with Gasteiger partial charge in [0.1, 0.15) is 11.6 Å². The number of ether oxygens (including phenoxy) is 1. The number of nitrogens with zero attached hydrogens (tertiary/aromatic N) is 2. The van der Waals surface area contributed by atoms with E-state index in [-0.39, 0.29) is 30.5 Å². The lowest BCUT2D eigenvalue weighted by molar-refractivity contribution is 0.0518. The van der Waals surface area contributed by atoms with Crippen LogP contribution in [0.2, 0.25) is 0 Å². The predicted molar refractivity (Wildman–Crippen MR) is 88.6 cm³/mol. The fourth-order valence-corrected chi connectivity index (χ4v) is 1.65. The first-order valence-corrected chi connectivity index (χ1v) is 7.34. The number of esters is 1. The molecule has 5 nitrogen and oxygen atoms in total. The maximum atomic E-state index is 13.5. The Bertz CT molecular complexity index is 662. The predicted octanol–water partition coefficient (Wildman–Crippen LogP) is 3.41. The Morgan fingerprint density at radius 3 is 2.57 bits per heavy atom. The Morgan fingerprint density at radius 2 is 2.00 bits per heavy atom. The van der Waals surface area contributed by atoms with Crippen molar-refractivity contribution in [2.24, 2.45) is 0 Å². The lowest BCUT2D eigenvalue weighted by Crippen LogP contribution is -2.09. The zero-order valence-electron chi connectivity index (χ0n) is 13.6. The molecule has 23 heavy (non-hydrogen) atoms. The van der Waals surface area contributed by atoms with Crippen LogP contribution in [0.15, 0.2) is 42.5 Å². The molecule has 2 N–H and O–H groups in total. The number of aromatic nitrogens is 2. The van der Waals surface area contributed by atoms with Crippen molar-refractivity contribution in [3.63, 3.8) is 0 Å². The molecule has 0 spiro atoms. The zero-order chi connectivity index (χ0) is 17.2. The van der Waals surface area contributed by atoms with Gasteiger partial charge in [-0.2, -0.15) is 5.10 Å². The van der Waals surface area contributed by atoms with Crippen LogP contribution in [0.3, 0.4) is 0 Å². The molecule has 0 aliphatic rings. The summed E-state index contributed by atoms with van der Waals surface area (Å²) in [5, 5.41) is 4.02. The number of halogens is 1. The Morgan fingerprint density at radius 1 is 1.35 bits per heavy atom. The first kappa shape index (κ1) is 18.4. The van der Waals surface area contributed by atoms with Gasteiger partial charge < -0.3 is 10.5 Å². The second-order valence-electron chi connectivity index (χ2n) is 4.59. The number of allylic oxidation sites excluding steroid dienone is 2. The maximum Gasteiger partial charge on any atom is 0.358 e. The molecule has 0 bridgehead atoms. The number of anilines is 1. The van der Waals surface area contributed by atoms with Crippen LogP contribution in [0, 0.1) is 5.82 Å². The quantitative estimate of drug-likeness (QED) is 0.692. The van der Waals surface area contributed by atoms with Crippen molar-refractivity contribution >= 4 is 11.8 Å². The van der Waals surface area contributed by atoms with Crippen molar-refractivity contribution < 1.29 is 13.9 Å². The highest BCUT2D eigenvalue weighted by molar-refractivity contribution is 5.88. The van der Waals surface area contributed by atoms with Gasteiger partial charge in [-0.05, 0) is 26.8 Å².